The van der Waals surface area contributed by atoms with Gasteiger partial charge in [0.25, 0.3) is 0 Å². The van der Waals surface area contributed by atoms with E-state index in [4.69, 9.17) is 0 Å². The van der Waals surface area contributed by atoms with Gasteiger partial charge in [-0.25, -0.2) is 4.98 Å². The summed E-state index contributed by atoms with van der Waals surface area (Å²) < 4.78 is 52.7. The molecule has 0 spiro atoms. The molecule has 1 amide bonds. The molecule has 174 valence electrons. The average molecular weight is 469 g/mol. The van der Waals surface area contributed by atoms with Crippen molar-refractivity contribution < 1.29 is 27.3 Å². The third-order valence-electron chi connectivity index (χ3n) is 5.47. The van der Waals surface area contributed by atoms with Gasteiger partial charge in [-0.2, -0.15) is 13.2 Å². The lowest BCUT2D eigenvalue weighted by Crippen LogP contribution is -2.42. The zero-order valence-electron chi connectivity index (χ0n) is 17.8. The molecule has 2 unspecified atom stereocenters. The first kappa shape index (κ1) is 24.3. The number of hydrogen-bond donors (Lipinski definition) is 2. The predicted octanol–water partition coefficient (Wildman–Crippen LogP) is 4.30. The first-order valence-corrected chi connectivity index (χ1v) is 12.3. The first-order valence-electron chi connectivity index (χ1n) is 10.4. The van der Waals surface area contributed by atoms with Crippen molar-refractivity contribution in [1.29, 1.82) is 0 Å². The molecule has 1 heterocycles. The van der Waals surface area contributed by atoms with E-state index in [0.717, 1.165) is 12.8 Å². The Morgan fingerprint density at radius 3 is 2.38 bits per heavy atom. The molecule has 1 aliphatic rings. The van der Waals surface area contributed by atoms with E-state index in [1.54, 1.807) is 19.1 Å². The summed E-state index contributed by atoms with van der Waals surface area (Å²) in [5, 5.41) is 13.2. The number of hydrogen-bond acceptors (Lipinski definition) is 4. The molecular formula is C23H27F3N2O3S. The molecule has 1 saturated carbocycles. The summed E-state index contributed by atoms with van der Waals surface area (Å²) in [5.74, 6) is 4.42. The van der Waals surface area contributed by atoms with Gasteiger partial charge in [0.05, 0.1) is 6.42 Å². The van der Waals surface area contributed by atoms with E-state index < -0.39 is 27.7 Å². The number of nitrogens with one attached hydrogen (secondary N) is 1. The number of anilines is 1. The van der Waals surface area contributed by atoms with Crippen LogP contribution in [-0.2, 0) is 26.3 Å². The summed E-state index contributed by atoms with van der Waals surface area (Å²) in [5.41, 5.74) is -2.27. The van der Waals surface area contributed by atoms with Crippen LogP contribution in [0.25, 0.3) is 0 Å². The Morgan fingerprint density at radius 1 is 1.22 bits per heavy atom. The summed E-state index contributed by atoms with van der Waals surface area (Å²) in [4.78, 5) is 16.5. The zero-order valence-corrected chi connectivity index (χ0v) is 18.6. The van der Waals surface area contributed by atoms with Crippen molar-refractivity contribution in [3.8, 4) is 0 Å². The number of nitrogens with zero attached hydrogens (tertiary/aromatic N) is 1. The van der Waals surface area contributed by atoms with E-state index >= 15 is 0 Å². The van der Waals surface area contributed by atoms with Crippen molar-refractivity contribution >= 4 is 27.0 Å². The number of alkyl halides is 3. The molecule has 1 fully saturated rings. The van der Waals surface area contributed by atoms with Crippen LogP contribution in [0.2, 0.25) is 0 Å². The highest BCUT2D eigenvalue weighted by molar-refractivity contribution is 8.00. The van der Waals surface area contributed by atoms with Crippen LogP contribution < -0.4 is 5.32 Å². The van der Waals surface area contributed by atoms with Crippen molar-refractivity contribution in [3.05, 3.63) is 53.7 Å². The monoisotopic (exact) mass is 468 g/mol. The molecule has 5 nitrogen and oxygen atoms in total. The van der Waals surface area contributed by atoms with Crippen molar-refractivity contribution in [2.24, 2.45) is 5.92 Å². The molecule has 2 atom stereocenters. The maximum Gasteiger partial charge on any atom is 0.421 e. The number of aromatic nitrogens is 1. The lowest BCUT2D eigenvalue weighted by Gasteiger charge is -2.30. The summed E-state index contributed by atoms with van der Waals surface area (Å²) in [6.07, 6.45) is -1.47. The molecule has 0 radical (unpaired) electrons. The molecule has 0 aliphatic heterocycles. The maximum absolute atomic E-state index is 13.3. The van der Waals surface area contributed by atoms with Gasteiger partial charge in [-0.15, -0.1) is 0 Å². The molecule has 1 aliphatic carbocycles. The Morgan fingerprint density at radius 2 is 1.88 bits per heavy atom. The van der Waals surface area contributed by atoms with Crippen molar-refractivity contribution in [2.75, 3.05) is 11.1 Å². The van der Waals surface area contributed by atoms with Gasteiger partial charge in [0.2, 0.25) is 5.91 Å². The molecule has 1 aromatic heterocycles. The number of carbonyl (C=O) groups is 1. The number of rotatable bonds is 9. The molecule has 32 heavy (non-hydrogen) atoms. The smallest absolute Gasteiger partial charge is 0.376 e. The van der Waals surface area contributed by atoms with Crippen LogP contribution in [0.3, 0.4) is 0 Å². The second-order valence-corrected chi connectivity index (χ2v) is 10.7. The Hall–Kier alpha value is -2.39. The zero-order chi connectivity index (χ0) is 23.6. The van der Waals surface area contributed by atoms with Crippen LogP contribution in [0, 0.1) is 5.92 Å². The second-order valence-electron chi connectivity index (χ2n) is 8.34. The molecule has 0 bridgehead atoms. The van der Waals surface area contributed by atoms with Crippen LogP contribution in [0.4, 0.5) is 18.9 Å². The van der Waals surface area contributed by atoms with Gasteiger partial charge >= 0.3 is 6.18 Å². The van der Waals surface area contributed by atoms with Gasteiger partial charge in [0.1, 0.15) is 5.03 Å². The van der Waals surface area contributed by atoms with Gasteiger partial charge < -0.3 is 10.4 Å². The van der Waals surface area contributed by atoms with E-state index in [2.05, 4.69) is 16.2 Å². The maximum atomic E-state index is 13.3. The fourth-order valence-corrected chi connectivity index (χ4v) is 5.34. The standard InChI is InChI=1S/C23H27F3N2O3S/c1-3-12-22(30,23(24,25)26)18-7-9-19(10-8-18)28-20(29)13-17-6-11-21(27-14-17)32(2,31)15-16-4-5-16/h6-11,14,16,30H,2-5,12-13,15H2,1H3,(H,28,29). The van der Waals surface area contributed by atoms with Gasteiger partial charge in [0.15, 0.2) is 5.60 Å². The fourth-order valence-electron chi connectivity index (χ4n) is 3.52. The number of pyridine rings is 1. The Kier molecular flexibility index (Phi) is 7.00. The molecule has 9 heteroatoms. The molecule has 0 saturated heterocycles. The number of carbonyl (C=O) groups excluding carboxylic acids is 1. The van der Waals surface area contributed by atoms with Crippen molar-refractivity contribution in [2.45, 2.75) is 55.8 Å². The summed E-state index contributed by atoms with van der Waals surface area (Å²) in [6.45, 7) is 1.56. The Balaban J connectivity index is 1.62. The minimum absolute atomic E-state index is 0.00167. The second kappa shape index (κ2) is 9.23. The quantitative estimate of drug-likeness (QED) is 0.538. The molecule has 2 N–H and O–H groups in total. The normalized spacial score (nSPS) is 17.9. The van der Waals surface area contributed by atoms with E-state index in [1.807, 2.05) is 0 Å². The summed E-state index contributed by atoms with van der Waals surface area (Å²) in [7, 11) is -2.43. The summed E-state index contributed by atoms with van der Waals surface area (Å²) >= 11 is 0. The third-order valence-corrected chi connectivity index (χ3v) is 7.49. The summed E-state index contributed by atoms with van der Waals surface area (Å²) in [6, 6.07) is 8.30. The minimum atomic E-state index is -4.80. The number of halogens is 3. The van der Waals surface area contributed by atoms with Crippen LogP contribution in [0.1, 0.15) is 43.7 Å². The van der Waals surface area contributed by atoms with Crippen LogP contribution >= 0.6 is 0 Å². The number of benzene rings is 1. The fraction of sp³-hybridized carbons (Fsp3) is 0.435. The highest BCUT2D eigenvalue weighted by Crippen LogP contribution is 2.42. The predicted molar refractivity (Wildman–Crippen MR) is 119 cm³/mol. The van der Waals surface area contributed by atoms with Gasteiger partial charge in [-0.3, -0.25) is 9.00 Å². The highest BCUT2D eigenvalue weighted by Gasteiger charge is 2.54. The van der Waals surface area contributed by atoms with Crippen molar-refractivity contribution in [1.82, 2.24) is 4.98 Å². The van der Waals surface area contributed by atoms with E-state index in [9.17, 15) is 27.3 Å². The number of aliphatic hydroxyl groups is 1. The number of amides is 1. The largest absolute Gasteiger partial charge is 0.421 e. The van der Waals surface area contributed by atoms with Gasteiger partial charge in [-0.05, 0) is 60.4 Å². The lowest BCUT2D eigenvalue weighted by molar-refractivity contribution is -0.269. The highest BCUT2D eigenvalue weighted by atomic mass is 32.2. The Labute approximate surface area is 186 Å². The topological polar surface area (TPSA) is 79.3 Å². The van der Waals surface area contributed by atoms with Gasteiger partial charge in [0, 0.05) is 27.2 Å². The third kappa shape index (κ3) is 5.69. The van der Waals surface area contributed by atoms with Crippen molar-refractivity contribution in [3.63, 3.8) is 0 Å². The van der Waals surface area contributed by atoms with Crippen LogP contribution in [0.5, 0.6) is 0 Å². The SMILES string of the molecule is C=S(=O)(CC1CC1)c1ccc(CC(=O)Nc2ccc(C(O)(CCC)C(F)(F)F)cc2)cn1. The Bertz CT molecular complexity index is 1050. The molecular weight excluding hydrogens is 441 g/mol. The molecule has 2 aromatic rings. The molecule has 1 aromatic carbocycles. The van der Waals surface area contributed by atoms with E-state index in [0.29, 0.717) is 27.9 Å². The first-order chi connectivity index (χ1) is 14.9. The minimum Gasteiger partial charge on any atom is -0.376 e. The molecule has 3 rings (SSSR count). The lowest BCUT2D eigenvalue weighted by atomic mass is 9.88. The van der Waals surface area contributed by atoms with E-state index in [1.165, 1.54) is 30.5 Å². The van der Waals surface area contributed by atoms with Crippen LogP contribution in [-0.4, -0.2) is 38.0 Å². The average Bonchev–Trinajstić information content (AvgIpc) is 3.51. The van der Waals surface area contributed by atoms with E-state index in [-0.39, 0.29) is 24.3 Å². The van der Waals surface area contributed by atoms with Crippen LogP contribution in [0.15, 0.2) is 47.6 Å². The van der Waals surface area contributed by atoms with Gasteiger partial charge in [-0.1, -0.05) is 31.5 Å².